The first-order chi connectivity index (χ1) is 10.1. The van der Waals surface area contributed by atoms with Crippen molar-refractivity contribution >= 4 is 11.8 Å². The van der Waals surface area contributed by atoms with Gasteiger partial charge in [0.05, 0.1) is 5.69 Å². The molecule has 0 saturated carbocycles. The second kappa shape index (κ2) is 8.20. The molecule has 114 valence electrons. The zero-order valence-electron chi connectivity index (χ0n) is 12.8. The van der Waals surface area contributed by atoms with Gasteiger partial charge in [-0.05, 0) is 24.3 Å². The maximum atomic E-state index is 10.8. The number of carboxylic acid groups (broad SMARTS) is 1. The van der Waals surface area contributed by atoms with Crippen LogP contribution in [-0.4, -0.2) is 27.8 Å². The van der Waals surface area contributed by atoms with E-state index in [1.807, 2.05) is 20.8 Å². The summed E-state index contributed by atoms with van der Waals surface area (Å²) < 4.78 is 0. The van der Waals surface area contributed by atoms with Crippen LogP contribution < -0.4 is 5.32 Å². The Morgan fingerprint density at radius 2 is 2.05 bits per heavy atom. The van der Waals surface area contributed by atoms with Crippen LogP contribution >= 0.6 is 0 Å². The minimum atomic E-state index is -0.814. The standard InChI is InChI=1S/C15H22N4O2/c1-4-10(7-14(20)21)9-17-15-12(8-16)11(5-2)13(6-3)18-19-15/h10H,4-7,9H2,1-3H3,(H,17,19)(H,20,21). The van der Waals surface area contributed by atoms with Gasteiger partial charge in [-0.1, -0.05) is 27.2 Å². The number of aromatic nitrogens is 2. The molecule has 0 spiro atoms. The van der Waals surface area contributed by atoms with Gasteiger partial charge in [0.25, 0.3) is 0 Å². The van der Waals surface area contributed by atoms with E-state index in [1.54, 1.807) is 0 Å². The van der Waals surface area contributed by atoms with E-state index < -0.39 is 5.97 Å². The molecule has 6 heteroatoms. The van der Waals surface area contributed by atoms with Crippen LogP contribution in [0.4, 0.5) is 5.82 Å². The van der Waals surface area contributed by atoms with Gasteiger partial charge in [-0.3, -0.25) is 4.79 Å². The van der Waals surface area contributed by atoms with Gasteiger partial charge < -0.3 is 10.4 Å². The molecule has 0 saturated heterocycles. The third-order valence-electron chi connectivity index (χ3n) is 3.56. The zero-order valence-corrected chi connectivity index (χ0v) is 12.8. The van der Waals surface area contributed by atoms with E-state index in [9.17, 15) is 10.1 Å². The van der Waals surface area contributed by atoms with E-state index in [0.717, 1.165) is 30.5 Å². The van der Waals surface area contributed by atoms with Crippen molar-refractivity contribution in [1.29, 1.82) is 5.26 Å². The molecule has 0 aliphatic heterocycles. The number of anilines is 1. The van der Waals surface area contributed by atoms with E-state index >= 15 is 0 Å². The van der Waals surface area contributed by atoms with E-state index in [0.29, 0.717) is 17.9 Å². The molecule has 1 aromatic rings. The molecule has 1 aromatic heterocycles. The summed E-state index contributed by atoms with van der Waals surface area (Å²) in [6, 6.07) is 2.19. The number of nitrogens with one attached hydrogen (secondary N) is 1. The maximum Gasteiger partial charge on any atom is 0.303 e. The SMILES string of the molecule is CCc1nnc(NCC(CC)CC(=O)O)c(C#N)c1CC. The highest BCUT2D eigenvalue weighted by molar-refractivity contribution is 5.67. The van der Waals surface area contributed by atoms with Crippen LogP contribution in [0.1, 0.15) is 50.4 Å². The van der Waals surface area contributed by atoms with Gasteiger partial charge >= 0.3 is 5.97 Å². The van der Waals surface area contributed by atoms with Crippen molar-refractivity contribution in [3.63, 3.8) is 0 Å². The van der Waals surface area contributed by atoms with Crippen molar-refractivity contribution in [2.45, 2.75) is 46.5 Å². The summed E-state index contributed by atoms with van der Waals surface area (Å²) >= 11 is 0. The minimum absolute atomic E-state index is 0.00627. The van der Waals surface area contributed by atoms with Crippen LogP contribution in [0.15, 0.2) is 0 Å². The third kappa shape index (κ3) is 4.42. The molecule has 0 fully saturated rings. The summed E-state index contributed by atoms with van der Waals surface area (Å²) in [4.78, 5) is 10.8. The number of carbonyl (C=O) groups is 1. The molecule has 21 heavy (non-hydrogen) atoms. The maximum absolute atomic E-state index is 10.8. The molecule has 1 rings (SSSR count). The largest absolute Gasteiger partial charge is 0.481 e. The highest BCUT2D eigenvalue weighted by Crippen LogP contribution is 2.20. The average Bonchev–Trinajstić information content (AvgIpc) is 2.49. The van der Waals surface area contributed by atoms with E-state index in [4.69, 9.17) is 5.11 Å². The molecule has 0 bridgehead atoms. The van der Waals surface area contributed by atoms with E-state index in [2.05, 4.69) is 21.6 Å². The summed E-state index contributed by atoms with van der Waals surface area (Å²) in [6.45, 7) is 6.39. The van der Waals surface area contributed by atoms with Gasteiger partial charge in [0.1, 0.15) is 11.6 Å². The number of hydrogen-bond acceptors (Lipinski definition) is 5. The Balaban J connectivity index is 2.93. The van der Waals surface area contributed by atoms with Crippen LogP contribution in [-0.2, 0) is 17.6 Å². The van der Waals surface area contributed by atoms with Crippen molar-refractivity contribution < 1.29 is 9.90 Å². The van der Waals surface area contributed by atoms with Crippen molar-refractivity contribution in [2.24, 2.45) is 5.92 Å². The van der Waals surface area contributed by atoms with Gasteiger partial charge in [-0.15, -0.1) is 5.10 Å². The summed E-state index contributed by atoms with van der Waals surface area (Å²) in [6.07, 6.45) is 2.32. The highest BCUT2D eigenvalue weighted by Gasteiger charge is 2.16. The van der Waals surface area contributed by atoms with Gasteiger partial charge in [0.2, 0.25) is 0 Å². The lowest BCUT2D eigenvalue weighted by Crippen LogP contribution is -2.19. The molecule has 1 heterocycles. The molecule has 2 N–H and O–H groups in total. The van der Waals surface area contributed by atoms with E-state index in [-0.39, 0.29) is 12.3 Å². The zero-order chi connectivity index (χ0) is 15.8. The topological polar surface area (TPSA) is 98.9 Å². The minimum Gasteiger partial charge on any atom is -0.481 e. The molecule has 0 radical (unpaired) electrons. The molecule has 6 nitrogen and oxygen atoms in total. The predicted molar refractivity (Wildman–Crippen MR) is 80.0 cm³/mol. The molecule has 1 unspecified atom stereocenters. The molecular weight excluding hydrogens is 268 g/mol. The number of hydrogen-bond donors (Lipinski definition) is 2. The van der Waals surface area contributed by atoms with Crippen LogP contribution in [0.2, 0.25) is 0 Å². The van der Waals surface area contributed by atoms with Gasteiger partial charge in [-0.2, -0.15) is 10.4 Å². The number of aryl methyl sites for hydroxylation is 1. The molecular formula is C15H22N4O2. The fraction of sp³-hybridized carbons (Fsp3) is 0.600. The third-order valence-corrected chi connectivity index (χ3v) is 3.56. The Morgan fingerprint density at radius 1 is 1.33 bits per heavy atom. The van der Waals surface area contributed by atoms with Gasteiger partial charge in [-0.25, -0.2) is 0 Å². The Hall–Kier alpha value is -2.16. The summed E-state index contributed by atoms with van der Waals surface area (Å²) in [5.41, 5.74) is 2.29. The first-order valence-corrected chi connectivity index (χ1v) is 7.31. The fourth-order valence-corrected chi connectivity index (χ4v) is 2.27. The Kier molecular flexibility index (Phi) is 6.60. The van der Waals surface area contributed by atoms with Crippen molar-refractivity contribution in [3.05, 3.63) is 16.8 Å². The first-order valence-electron chi connectivity index (χ1n) is 7.31. The lowest BCUT2D eigenvalue weighted by molar-refractivity contribution is -0.138. The normalized spacial score (nSPS) is 11.7. The molecule has 0 aromatic carbocycles. The number of aliphatic carboxylic acids is 1. The van der Waals surface area contributed by atoms with Crippen LogP contribution in [0.3, 0.4) is 0 Å². The van der Waals surface area contributed by atoms with Crippen molar-refractivity contribution in [3.8, 4) is 6.07 Å². The second-order valence-electron chi connectivity index (χ2n) is 4.92. The monoisotopic (exact) mass is 290 g/mol. The molecule has 0 aliphatic carbocycles. The number of nitrogens with zero attached hydrogens (tertiary/aromatic N) is 3. The lowest BCUT2D eigenvalue weighted by atomic mass is 10.0. The molecule has 0 aliphatic rings. The second-order valence-corrected chi connectivity index (χ2v) is 4.92. The molecule has 1 atom stereocenters. The predicted octanol–water partition coefficient (Wildman–Crippen LogP) is 2.39. The van der Waals surface area contributed by atoms with Gasteiger partial charge in [0, 0.05) is 13.0 Å². The van der Waals surface area contributed by atoms with E-state index in [1.165, 1.54) is 0 Å². The average molecular weight is 290 g/mol. The Morgan fingerprint density at radius 3 is 2.52 bits per heavy atom. The van der Waals surface area contributed by atoms with Crippen molar-refractivity contribution in [2.75, 3.05) is 11.9 Å². The smallest absolute Gasteiger partial charge is 0.303 e. The fourth-order valence-electron chi connectivity index (χ4n) is 2.27. The number of nitriles is 1. The number of carboxylic acids is 1. The van der Waals surface area contributed by atoms with Gasteiger partial charge in [0.15, 0.2) is 5.82 Å². The summed E-state index contributed by atoms with van der Waals surface area (Å²) in [7, 11) is 0. The van der Waals surface area contributed by atoms with Crippen molar-refractivity contribution in [1.82, 2.24) is 10.2 Å². The Labute approximate surface area is 125 Å². The van der Waals surface area contributed by atoms with Crippen LogP contribution in [0.5, 0.6) is 0 Å². The molecule has 0 amide bonds. The highest BCUT2D eigenvalue weighted by atomic mass is 16.4. The van der Waals surface area contributed by atoms with Crippen LogP contribution in [0.25, 0.3) is 0 Å². The number of rotatable bonds is 8. The van der Waals surface area contributed by atoms with Crippen LogP contribution in [0, 0.1) is 17.2 Å². The summed E-state index contributed by atoms with van der Waals surface area (Å²) in [5.74, 6) is -0.354. The lowest BCUT2D eigenvalue weighted by Gasteiger charge is -2.16. The summed E-state index contributed by atoms with van der Waals surface area (Å²) in [5, 5.41) is 29.6. The first kappa shape index (κ1) is 16.9. The Bertz CT molecular complexity index is 537. The quantitative estimate of drug-likeness (QED) is 0.762.